The highest BCUT2D eigenvalue weighted by atomic mass is 35.5. The van der Waals surface area contributed by atoms with Gasteiger partial charge in [-0.3, -0.25) is 4.79 Å². The van der Waals surface area contributed by atoms with E-state index in [2.05, 4.69) is 15.5 Å². The zero-order chi connectivity index (χ0) is 25.4. The molecular weight excluding hydrogens is 507 g/mol. The summed E-state index contributed by atoms with van der Waals surface area (Å²) >= 11 is 5.48. The lowest BCUT2D eigenvalue weighted by Crippen LogP contribution is -2.21. The first-order valence-electron chi connectivity index (χ1n) is 9.10. The summed E-state index contributed by atoms with van der Waals surface area (Å²) in [6, 6.07) is 6.41. The van der Waals surface area contributed by atoms with Crippen molar-refractivity contribution in [1.82, 2.24) is 10.2 Å². The molecule has 34 heavy (non-hydrogen) atoms. The first kappa shape index (κ1) is 25.3. The van der Waals surface area contributed by atoms with Crippen LogP contribution in [-0.4, -0.2) is 26.6 Å². The first-order valence-corrected chi connectivity index (χ1v) is 11.4. The second kappa shape index (κ2) is 9.14. The highest BCUT2D eigenvalue weighted by molar-refractivity contribution is 7.91. The number of carbonyl (C=O) groups is 1. The van der Waals surface area contributed by atoms with E-state index in [1.54, 1.807) is 0 Å². The summed E-state index contributed by atoms with van der Waals surface area (Å²) in [5, 5.41) is 8.02. The fourth-order valence-electron chi connectivity index (χ4n) is 2.80. The van der Waals surface area contributed by atoms with E-state index in [1.165, 1.54) is 24.3 Å². The van der Waals surface area contributed by atoms with Gasteiger partial charge >= 0.3 is 6.18 Å². The maximum absolute atomic E-state index is 14.2. The van der Waals surface area contributed by atoms with E-state index < -0.39 is 66.9 Å². The van der Waals surface area contributed by atoms with Crippen LogP contribution in [0, 0.1) is 23.3 Å². The van der Waals surface area contributed by atoms with Crippen LogP contribution in [0.5, 0.6) is 11.6 Å². The summed E-state index contributed by atoms with van der Waals surface area (Å²) in [5.74, 6) is -5.05. The van der Waals surface area contributed by atoms with Crippen LogP contribution >= 0.6 is 11.6 Å². The molecule has 3 rings (SSSR count). The molecule has 2 N–H and O–H groups in total. The molecule has 0 aliphatic rings. The minimum Gasteiger partial charge on any atom is -0.434 e. The molecule has 3 aromatic rings. The third kappa shape index (κ3) is 5.42. The molecule has 0 fully saturated rings. The van der Waals surface area contributed by atoms with Crippen molar-refractivity contribution in [2.24, 2.45) is 0 Å². The minimum atomic E-state index is -4.98. The van der Waals surface area contributed by atoms with Crippen molar-refractivity contribution in [3.05, 3.63) is 69.9 Å². The number of alkyl halides is 3. The van der Waals surface area contributed by atoms with Gasteiger partial charge in [-0.05, 0) is 36.8 Å². The number of nitrogens with one attached hydrogen (secondary N) is 2. The van der Waals surface area contributed by atoms with Crippen LogP contribution in [0.4, 0.5) is 27.6 Å². The van der Waals surface area contributed by atoms with Crippen LogP contribution in [0.15, 0.2) is 41.3 Å². The Morgan fingerprint density at radius 2 is 1.82 bits per heavy atom. The normalized spacial score (nSPS) is 13.3. The second-order valence-electron chi connectivity index (χ2n) is 6.98. The number of halogens is 6. The number of amides is 1. The van der Waals surface area contributed by atoms with Gasteiger partial charge in [0, 0.05) is 22.9 Å². The van der Waals surface area contributed by atoms with E-state index in [9.17, 15) is 31.0 Å². The highest BCUT2D eigenvalue weighted by Crippen LogP contribution is 2.36. The number of carbonyl (C=O) groups excluding carboxylic acids is 1. The number of benzene rings is 2. The van der Waals surface area contributed by atoms with Crippen molar-refractivity contribution in [1.29, 1.82) is 4.78 Å². The predicted octanol–water partition coefficient (Wildman–Crippen LogP) is 5.82. The molecule has 1 unspecified atom stereocenters. The van der Waals surface area contributed by atoms with Gasteiger partial charge in [-0.1, -0.05) is 17.7 Å². The third-order valence-electron chi connectivity index (χ3n) is 4.40. The van der Waals surface area contributed by atoms with Crippen LogP contribution in [0.1, 0.15) is 21.6 Å². The van der Waals surface area contributed by atoms with Crippen LogP contribution in [0.3, 0.4) is 0 Å². The van der Waals surface area contributed by atoms with Gasteiger partial charge in [0.2, 0.25) is 0 Å². The largest absolute Gasteiger partial charge is 0.435 e. The molecule has 1 atom stereocenters. The van der Waals surface area contributed by atoms with Gasteiger partial charge in [-0.2, -0.15) is 13.2 Å². The Kier molecular flexibility index (Phi) is 6.80. The van der Waals surface area contributed by atoms with Crippen LogP contribution in [0.25, 0.3) is 0 Å². The molecule has 0 spiro atoms. The van der Waals surface area contributed by atoms with E-state index >= 15 is 0 Å². The number of hydrogen-bond acceptors (Lipinski definition) is 6. The molecule has 0 bridgehead atoms. The monoisotopic (exact) mass is 520 g/mol. The van der Waals surface area contributed by atoms with E-state index in [0.717, 1.165) is 13.2 Å². The van der Waals surface area contributed by atoms with E-state index in [-0.39, 0.29) is 10.6 Å². The fraction of sp³-hybridized carbons (Fsp3) is 0.150. The molecule has 0 radical (unpaired) electrons. The number of aromatic nitrogens is 2. The summed E-state index contributed by atoms with van der Waals surface area (Å²) in [6.07, 6.45) is -3.84. The zero-order valence-corrected chi connectivity index (χ0v) is 18.8. The fourth-order valence-corrected chi connectivity index (χ4v) is 3.64. The lowest BCUT2D eigenvalue weighted by atomic mass is 10.1. The SMILES string of the molecule is Cc1c(C(F)(F)F)nnc(Oc2cc(F)c(Cl)cc2F)c1C(=O)Nc1cccc(S(C)(=N)=O)c1. The molecule has 1 amide bonds. The number of anilines is 1. The summed E-state index contributed by atoms with van der Waals surface area (Å²) in [4.78, 5) is 13.0. The maximum atomic E-state index is 14.2. The number of rotatable bonds is 5. The van der Waals surface area contributed by atoms with Crippen molar-refractivity contribution in [3.63, 3.8) is 0 Å². The smallest absolute Gasteiger partial charge is 0.434 e. The summed E-state index contributed by atoms with van der Waals surface area (Å²) in [5.41, 5.74) is -2.95. The van der Waals surface area contributed by atoms with Gasteiger partial charge in [-0.15, -0.1) is 10.2 Å². The quantitative estimate of drug-likeness (QED) is 0.326. The highest BCUT2D eigenvalue weighted by Gasteiger charge is 2.38. The standard InChI is InChI=1S/C20H14ClF5N4O3S/c1-9-16(18(31)28-10-4-3-5-11(6-10)34(2,27)32)19(30-29-17(9)20(24,25)26)33-15-8-13(22)12(21)7-14(15)23/h3-8,27H,1-2H3,(H,28,31). The second-order valence-corrected chi connectivity index (χ2v) is 9.54. The Balaban J connectivity index is 2.10. The predicted molar refractivity (Wildman–Crippen MR) is 113 cm³/mol. The Labute approximate surface area is 194 Å². The summed E-state index contributed by atoms with van der Waals surface area (Å²) < 4.78 is 92.8. The third-order valence-corrected chi connectivity index (χ3v) is 5.85. The topological polar surface area (TPSA) is 105 Å². The summed E-state index contributed by atoms with van der Waals surface area (Å²) in [6.45, 7) is 0.928. The zero-order valence-electron chi connectivity index (χ0n) is 17.3. The van der Waals surface area contributed by atoms with Crippen LogP contribution in [0.2, 0.25) is 5.02 Å². The van der Waals surface area contributed by atoms with E-state index in [0.29, 0.717) is 12.1 Å². The maximum Gasteiger partial charge on any atom is 0.435 e. The van der Waals surface area contributed by atoms with Crippen molar-refractivity contribution in [2.45, 2.75) is 18.0 Å². The Bertz CT molecular complexity index is 1400. The minimum absolute atomic E-state index is 0.00349. The molecule has 7 nitrogen and oxygen atoms in total. The molecule has 0 saturated heterocycles. The van der Waals surface area contributed by atoms with Crippen molar-refractivity contribution in [2.75, 3.05) is 11.6 Å². The molecule has 0 aliphatic carbocycles. The molecular formula is C20H14ClF5N4O3S. The van der Waals surface area contributed by atoms with Crippen LogP contribution in [-0.2, 0) is 15.9 Å². The molecule has 0 aliphatic heterocycles. The summed E-state index contributed by atoms with van der Waals surface area (Å²) in [7, 11) is -3.16. The van der Waals surface area contributed by atoms with E-state index in [4.69, 9.17) is 21.1 Å². The van der Waals surface area contributed by atoms with Crippen molar-refractivity contribution < 1.29 is 35.7 Å². The Hall–Kier alpha value is -3.32. The molecule has 2 aromatic carbocycles. The molecule has 14 heteroatoms. The Morgan fingerprint density at radius 3 is 2.44 bits per heavy atom. The number of ether oxygens (including phenoxy) is 1. The van der Waals surface area contributed by atoms with Crippen molar-refractivity contribution in [3.8, 4) is 11.6 Å². The number of nitrogens with zero attached hydrogens (tertiary/aromatic N) is 2. The van der Waals surface area contributed by atoms with Gasteiger partial charge in [0.25, 0.3) is 11.8 Å². The molecule has 1 aromatic heterocycles. The number of hydrogen-bond donors (Lipinski definition) is 2. The molecule has 180 valence electrons. The van der Waals surface area contributed by atoms with Gasteiger partial charge in [0.15, 0.2) is 17.3 Å². The average molecular weight is 521 g/mol. The van der Waals surface area contributed by atoms with Gasteiger partial charge < -0.3 is 10.1 Å². The van der Waals surface area contributed by atoms with Gasteiger partial charge in [-0.25, -0.2) is 17.8 Å². The lowest BCUT2D eigenvalue weighted by Gasteiger charge is -2.16. The van der Waals surface area contributed by atoms with Crippen molar-refractivity contribution >= 4 is 32.9 Å². The first-order chi connectivity index (χ1) is 15.7. The average Bonchev–Trinajstić information content (AvgIpc) is 2.70. The molecule has 1 heterocycles. The van der Waals surface area contributed by atoms with Gasteiger partial charge in [0.05, 0.1) is 14.8 Å². The Morgan fingerprint density at radius 1 is 1.15 bits per heavy atom. The lowest BCUT2D eigenvalue weighted by molar-refractivity contribution is -0.142. The van der Waals surface area contributed by atoms with Crippen LogP contribution < -0.4 is 10.1 Å². The van der Waals surface area contributed by atoms with Gasteiger partial charge in [0.1, 0.15) is 11.4 Å². The molecule has 0 saturated carbocycles. The van der Waals surface area contributed by atoms with E-state index in [1.807, 2.05) is 0 Å².